The standard InChI is InChI=1S/C22H23N3O/c1-25(2)13-14-26-22-18(15-7-3-5-9-19(15)23)12-11-17-16-8-4-6-10-20(16)24-21(17)22/h3-12,24H,13-14,23H2,1-2H3. The molecule has 4 rings (SSSR count). The molecule has 0 fully saturated rings. The zero-order valence-electron chi connectivity index (χ0n) is 15.1. The Morgan fingerprint density at radius 1 is 0.885 bits per heavy atom. The van der Waals surface area contributed by atoms with Gasteiger partial charge in [-0.05, 0) is 32.3 Å². The fourth-order valence-electron chi connectivity index (χ4n) is 3.33. The molecule has 132 valence electrons. The Morgan fingerprint density at radius 3 is 2.46 bits per heavy atom. The molecule has 0 saturated carbocycles. The first-order chi connectivity index (χ1) is 12.6. The number of nitrogen functional groups attached to an aromatic ring is 1. The molecule has 0 spiro atoms. The van der Waals surface area contributed by atoms with Crippen molar-refractivity contribution in [3.63, 3.8) is 0 Å². The van der Waals surface area contributed by atoms with Crippen molar-refractivity contribution in [2.24, 2.45) is 0 Å². The van der Waals surface area contributed by atoms with E-state index in [1.165, 1.54) is 10.8 Å². The van der Waals surface area contributed by atoms with Gasteiger partial charge in [-0.15, -0.1) is 0 Å². The van der Waals surface area contributed by atoms with Crippen LogP contribution in [0.3, 0.4) is 0 Å². The molecule has 1 heterocycles. The summed E-state index contributed by atoms with van der Waals surface area (Å²) in [4.78, 5) is 5.65. The molecule has 4 heteroatoms. The monoisotopic (exact) mass is 345 g/mol. The number of fused-ring (bicyclic) bond motifs is 3. The Kier molecular flexibility index (Phi) is 4.27. The summed E-state index contributed by atoms with van der Waals surface area (Å²) in [5.41, 5.74) is 11.1. The SMILES string of the molecule is CN(C)CCOc1c(-c2ccccc2N)ccc2c1[nH]c1ccccc12. The van der Waals surface area contributed by atoms with Gasteiger partial charge in [0.15, 0.2) is 5.75 Å². The molecule has 1 aromatic heterocycles. The number of rotatable bonds is 5. The number of hydrogen-bond acceptors (Lipinski definition) is 3. The van der Waals surface area contributed by atoms with E-state index < -0.39 is 0 Å². The van der Waals surface area contributed by atoms with E-state index in [1.807, 2.05) is 44.4 Å². The van der Waals surface area contributed by atoms with Crippen molar-refractivity contribution in [3.8, 4) is 16.9 Å². The Bertz CT molecular complexity index is 1070. The van der Waals surface area contributed by atoms with E-state index in [0.717, 1.165) is 40.1 Å². The second kappa shape index (κ2) is 6.73. The molecule has 4 aromatic rings. The van der Waals surface area contributed by atoms with Crippen molar-refractivity contribution in [1.29, 1.82) is 0 Å². The topological polar surface area (TPSA) is 54.3 Å². The summed E-state index contributed by atoms with van der Waals surface area (Å²) in [6.45, 7) is 1.46. The molecule has 0 aliphatic rings. The average molecular weight is 345 g/mol. The number of aromatic nitrogens is 1. The molecule has 3 aromatic carbocycles. The number of anilines is 1. The van der Waals surface area contributed by atoms with Crippen LogP contribution in [-0.2, 0) is 0 Å². The molecule has 0 unspecified atom stereocenters. The first-order valence-electron chi connectivity index (χ1n) is 8.81. The maximum atomic E-state index is 6.27. The number of para-hydroxylation sites is 2. The van der Waals surface area contributed by atoms with Crippen LogP contribution in [0.15, 0.2) is 60.7 Å². The summed E-state index contributed by atoms with van der Waals surface area (Å²) in [6, 6.07) is 20.5. The fourth-order valence-corrected chi connectivity index (χ4v) is 3.33. The van der Waals surface area contributed by atoms with Gasteiger partial charge in [-0.3, -0.25) is 0 Å². The maximum Gasteiger partial charge on any atom is 0.151 e. The van der Waals surface area contributed by atoms with E-state index in [9.17, 15) is 0 Å². The third-order valence-corrected chi connectivity index (χ3v) is 4.67. The number of likely N-dealkylation sites (N-methyl/N-ethyl adjacent to an activating group) is 1. The molecule has 3 N–H and O–H groups in total. The van der Waals surface area contributed by atoms with Crippen molar-refractivity contribution in [3.05, 3.63) is 60.7 Å². The van der Waals surface area contributed by atoms with Gasteiger partial charge in [-0.2, -0.15) is 0 Å². The average Bonchev–Trinajstić information content (AvgIpc) is 3.01. The number of nitrogens with zero attached hydrogens (tertiary/aromatic N) is 1. The predicted molar refractivity (Wildman–Crippen MR) is 110 cm³/mol. The normalized spacial score (nSPS) is 11.5. The number of hydrogen-bond donors (Lipinski definition) is 2. The summed E-state index contributed by atoms with van der Waals surface area (Å²) in [7, 11) is 4.09. The number of benzene rings is 3. The second-order valence-corrected chi connectivity index (χ2v) is 6.77. The maximum absolute atomic E-state index is 6.27. The van der Waals surface area contributed by atoms with Crippen molar-refractivity contribution in [2.45, 2.75) is 0 Å². The van der Waals surface area contributed by atoms with Crippen LogP contribution in [0.2, 0.25) is 0 Å². The van der Waals surface area contributed by atoms with E-state index >= 15 is 0 Å². The van der Waals surface area contributed by atoms with Gasteiger partial charge in [0.25, 0.3) is 0 Å². The Hall–Kier alpha value is -2.98. The molecular formula is C22H23N3O. The zero-order chi connectivity index (χ0) is 18.1. The lowest BCUT2D eigenvalue weighted by Crippen LogP contribution is -2.19. The summed E-state index contributed by atoms with van der Waals surface area (Å²) in [5.74, 6) is 0.860. The molecular weight excluding hydrogens is 322 g/mol. The fraction of sp³-hybridized carbons (Fsp3) is 0.182. The lowest BCUT2D eigenvalue weighted by molar-refractivity contribution is 0.264. The lowest BCUT2D eigenvalue weighted by Gasteiger charge is -2.16. The summed E-state index contributed by atoms with van der Waals surface area (Å²) < 4.78 is 6.27. The number of ether oxygens (including phenoxy) is 1. The first-order valence-corrected chi connectivity index (χ1v) is 8.81. The zero-order valence-corrected chi connectivity index (χ0v) is 15.1. The molecule has 0 aliphatic heterocycles. The lowest BCUT2D eigenvalue weighted by atomic mass is 10.0. The first kappa shape index (κ1) is 16.5. The molecule has 0 saturated heterocycles. The summed E-state index contributed by atoms with van der Waals surface area (Å²) in [5, 5.41) is 2.37. The van der Waals surface area contributed by atoms with Gasteiger partial charge < -0.3 is 20.4 Å². The van der Waals surface area contributed by atoms with Crippen molar-refractivity contribution >= 4 is 27.5 Å². The van der Waals surface area contributed by atoms with Gasteiger partial charge in [0, 0.05) is 39.6 Å². The molecule has 4 nitrogen and oxygen atoms in total. The molecule has 0 bridgehead atoms. The summed E-state index contributed by atoms with van der Waals surface area (Å²) in [6.07, 6.45) is 0. The van der Waals surface area contributed by atoms with Crippen LogP contribution in [0.25, 0.3) is 32.9 Å². The number of nitrogens with one attached hydrogen (secondary N) is 1. The van der Waals surface area contributed by atoms with Crippen LogP contribution < -0.4 is 10.5 Å². The highest BCUT2D eigenvalue weighted by molar-refractivity contribution is 6.11. The van der Waals surface area contributed by atoms with Crippen LogP contribution in [0.1, 0.15) is 0 Å². The number of H-pyrrole nitrogens is 1. The Labute approximate surface area is 153 Å². The van der Waals surface area contributed by atoms with E-state index in [-0.39, 0.29) is 0 Å². The minimum Gasteiger partial charge on any atom is -0.489 e. The number of aromatic amines is 1. The largest absolute Gasteiger partial charge is 0.489 e. The minimum atomic E-state index is 0.612. The van der Waals surface area contributed by atoms with Crippen LogP contribution in [-0.4, -0.2) is 37.1 Å². The molecule has 0 aliphatic carbocycles. The quantitative estimate of drug-likeness (QED) is 0.523. The Morgan fingerprint density at radius 2 is 1.65 bits per heavy atom. The van der Waals surface area contributed by atoms with E-state index in [2.05, 4.69) is 40.2 Å². The summed E-state index contributed by atoms with van der Waals surface area (Å²) >= 11 is 0. The van der Waals surface area contributed by atoms with Gasteiger partial charge >= 0.3 is 0 Å². The van der Waals surface area contributed by atoms with Crippen LogP contribution in [0.5, 0.6) is 5.75 Å². The molecule has 0 amide bonds. The van der Waals surface area contributed by atoms with Crippen molar-refractivity contribution in [1.82, 2.24) is 9.88 Å². The third-order valence-electron chi connectivity index (χ3n) is 4.67. The molecule has 26 heavy (non-hydrogen) atoms. The van der Waals surface area contributed by atoms with Gasteiger partial charge in [0.05, 0.1) is 5.52 Å². The van der Waals surface area contributed by atoms with Gasteiger partial charge in [0.2, 0.25) is 0 Å². The van der Waals surface area contributed by atoms with Crippen LogP contribution in [0, 0.1) is 0 Å². The molecule has 0 atom stereocenters. The van der Waals surface area contributed by atoms with E-state index in [1.54, 1.807) is 0 Å². The highest BCUT2D eigenvalue weighted by Crippen LogP contribution is 2.41. The van der Waals surface area contributed by atoms with Gasteiger partial charge in [-0.25, -0.2) is 0 Å². The second-order valence-electron chi connectivity index (χ2n) is 6.77. The van der Waals surface area contributed by atoms with Crippen LogP contribution in [0.4, 0.5) is 5.69 Å². The highest BCUT2D eigenvalue weighted by Gasteiger charge is 2.16. The predicted octanol–water partition coefficient (Wildman–Crippen LogP) is 4.51. The van der Waals surface area contributed by atoms with E-state index in [0.29, 0.717) is 6.61 Å². The van der Waals surface area contributed by atoms with Crippen LogP contribution >= 0.6 is 0 Å². The smallest absolute Gasteiger partial charge is 0.151 e. The Balaban J connectivity index is 1.93. The van der Waals surface area contributed by atoms with E-state index in [4.69, 9.17) is 10.5 Å². The number of nitrogens with two attached hydrogens (primary N) is 1. The van der Waals surface area contributed by atoms with Crippen molar-refractivity contribution < 1.29 is 4.74 Å². The van der Waals surface area contributed by atoms with Gasteiger partial charge in [0.1, 0.15) is 6.61 Å². The minimum absolute atomic E-state index is 0.612. The van der Waals surface area contributed by atoms with Crippen molar-refractivity contribution in [2.75, 3.05) is 33.0 Å². The van der Waals surface area contributed by atoms with Gasteiger partial charge in [-0.1, -0.05) is 42.5 Å². The third kappa shape index (κ3) is 2.89. The molecule has 0 radical (unpaired) electrons. The highest BCUT2D eigenvalue weighted by atomic mass is 16.5.